The Hall–Kier alpha value is -2.49. The van der Waals surface area contributed by atoms with E-state index in [1.54, 1.807) is 6.07 Å². The molecule has 3 N–H and O–H groups in total. The summed E-state index contributed by atoms with van der Waals surface area (Å²) in [6.07, 6.45) is -0.190. The number of fused-ring (bicyclic) bond motifs is 1. The highest BCUT2D eigenvalue weighted by Crippen LogP contribution is 2.39. The quantitative estimate of drug-likeness (QED) is 0.627. The van der Waals surface area contributed by atoms with E-state index in [0.29, 0.717) is 5.02 Å². The molecule has 3 nitrogen and oxygen atoms in total. The number of aromatic hydroxyl groups is 1. The largest absolute Gasteiger partial charge is 0.508 e. The zero-order valence-corrected chi connectivity index (χ0v) is 13.7. The second kappa shape index (κ2) is 6.19. The maximum absolute atomic E-state index is 10.2. The van der Waals surface area contributed by atoms with Crippen molar-refractivity contribution in [3.63, 3.8) is 0 Å². The van der Waals surface area contributed by atoms with E-state index in [4.69, 9.17) is 11.6 Å². The van der Waals surface area contributed by atoms with E-state index in [1.165, 1.54) is 0 Å². The third kappa shape index (κ3) is 2.73. The van der Waals surface area contributed by atoms with Gasteiger partial charge in [0, 0.05) is 16.3 Å². The van der Waals surface area contributed by atoms with Crippen LogP contribution >= 0.6 is 11.6 Å². The molecule has 0 bridgehead atoms. The van der Waals surface area contributed by atoms with E-state index in [-0.39, 0.29) is 18.0 Å². The normalized spacial score (nSPS) is 19.4. The molecule has 0 aromatic heterocycles. The van der Waals surface area contributed by atoms with Crippen molar-refractivity contribution in [1.82, 2.24) is 5.32 Å². The zero-order chi connectivity index (χ0) is 16.5. The molecule has 0 saturated carbocycles. The summed E-state index contributed by atoms with van der Waals surface area (Å²) in [4.78, 5) is 0. The maximum atomic E-state index is 10.2. The Morgan fingerprint density at radius 1 is 0.833 bits per heavy atom. The van der Waals surface area contributed by atoms with Crippen molar-refractivity contribution in [2.45, 2.75) is 12.2 Å². The van der Waals surface area contributed by atoms with Crippen molar-refractivity contribution < 1.29 is 5.11 Å². The van der Waals surface area contributed by atoms with Crippen LogP contribution in [-0.2, 0) is 0 Å². The van der Waals surface area contributed by atoms with E-state index in [2.05, 4.69) is 22.8 Å². The summed E-state index contributed by atoms with van der Waals surface area (Å²) in [7, 11) is 0. The lowest BCUT2D eigenvalue weighted by molar-refractivity contribution is 0.442. The Morgan fingerprint density at radius 2 is 1.58 bits per heavy atom. The average Bonchev–Trinajstić information content (AvgIpc) is 2.62. The van der Waals surface area contributed by atoms with Crippen molar-refractivity contribution in [3.05, 3.63) is 94.5 Å². The molecule has 0 saturated heterocycles. The van der Waals surface area contributed by atoms with Crippen LogP contribution in [0.3, 0.4) is 0 Å². The summed E-state index contributed by atoms with van der Waals surface area (Å²) in [6.45, 7) is 0. The fourth-order valence-electron chi connectivity index (χ4n) is 3.18. The van der Waals surface area contributed by atoms with Crippen LogP contribution in [0.1, 0.15) is 28.9 Å². The smallest absolute Gasteiger partial charge is 0.122 e. The Bertz CT molecular complexity index is 867. The molecule has 24 heavy (non-hydrogen) atoms. The predicted molar refractivity (Wildman–Crippen MR) is 97.3 cm³/mol. The van der Waals surface area contributed by atoms with Crippen LogP contribution in [0, 0.1) is 0 Å². The summed E-state index contributed by atoms with van der Waals surface area (Å²) in [5, 5.41) is 18.0. The molecule has 0 radical (unpaired) electrons. The molecule has 0 aliphatic carbocycles. The monoisotopic (exact) mass is 336 g/mol. The maximum Gasteiger partial charge on any atom is 0.122 e. The number of para-hydroxylation sites is 1. The van der Waals surface area contributed by atoms with Gasteiger partial charge in [-0.3, -0.25) is 5.32 Å². The number of rotatable bonds is 2. The van der Waals surface area contributed by atoms with E-state index >= 15 is 0 Å². The van der Waals surface area contributed by atoms with Gasteiger partial charge in [-0.2, -0.15) is 0 Å². The Kier molecular flexibility index (Phi) is 3.89. The number of phenolic OH excluding ortho intramolecular Hbond substituents is 1. The molecule has 3 aromatic rings. The van der Waals surface area contributed by atoms with Crippen LogP contribution in [0.5, 0.6) is 5.75 Å². The Morgan fingerprint density at radius 3 is 2.38 bits per heavy atom. The third-order valence-electron chi connectivity index (χ3n) is 4.34. The molecule has 4 rings (SSSR count). The summed E-state index contributed by atoms with van der Waals surface area (Å²) in [6, 6.07) is 23.4. The third-order valence-corrected chi connectivity index (χ3v) is 4.57. The summed E-state index contributed by atoms with van der Waals surface area (Å²) in [5.74, 6) is 0.270. The Balaban J connectivity index is 1.81. The van der Waals surface area contributed by atoms with Crippen LogP contribution in [-0.4, -0.2) is 5.11 Å². The fraction of sp³-hybridized carbons (Fsp3) is 0.100. The molecular weight excluding hydrogens is 320 g/mol. The minimum atomic E-state index is -0.190. The van der Waals surface area contributed by atoms with Crippen LogP contribution in [0.15, 0.2) is 72.8 Å². The first-order chi connectivity index (χ1) is 11.7. The lowest BCUT2D eigenvalue weighted by Gasteiger charge is -2.35. The van der Waals surface area contributed by atoms with E-state index in [9.17, 15) is 5.11 Å². The van der Waals surface area contributed by atoms with E-state index in [1.807, 2.05) is 54.6 Å². The molecule has 0 unspecified atom stereocenters. The molecular formula is C20H17ClN2O. The average molecular weight is 337 g/mol. The van der Waals surface area contributed by atoms with Gasteiger partial charge in [0.25, 0.3) is 0 Å². The van der Waals surface area contributed by atoms with Gasteiger partial charge in [0.15, 0.2) is 0 Å². The summed E-state index contributed by atoms with van der Waals surface area (Å²) >= 11 is 6.21. The molecule has 1 aliphatic heterocycles. The van der Waals surface area contributed by atoms with Gasteiger partial charge in [-0.05, 0) is 35.4 Å². The fourth-order valence-corrected chi connectivity index (χ4v) is 3.36. The first-order valence-corrected chi connectivity index (χ1v) is 8.25. The molecule has 1 heterocycles. The van der Waals surface area contributed by atoms with Gasteiger partial charge in [0.05, 0.1) is 6.04 Å². The molecule has 0 fully saturated rings. The SMILES string of the molecule is Oc1ccccc1[C@@H]1Nc2ccc(Cl)cc2[C@@H](c2ccccc2)N1. The molecule has 4 heteroatoms. The van der Waals surface area contributed by atoms with Gasteiger partial charge >= 0.3 is 0 Å². The predicted octanol–water partition coefficient (Wildman–Crippen LogP) is 4.85. The van der Waals surface area contributed by atoms with Gasteiger partial charge in [-0.15, -0.1) is 0 Å². The number of benzene rings is 3. The number of hydrogen-bond acceptors (Lipinski definition) is 3. The van der Waals surface area contributed by atoms with Gasteiger partial charge in [0.1, 0.15) is 11.9 Å². The highest BCUT2D eigenvalue weighted by atomic mass is 35.5. The number of halogens is 1. The van der Waals surface area contributed by atoms with Crippen molar-refractivity contribution in [3.8, 4) is 5.75 Å². The standard InChI is InChI=1S/C20H17ClN2O/c21-14-10-11-17-16(12-14)19(13-6-2-1-3-7-13)23-20(22-17)15-8-4-5-9-18(15)24/h1-12,19-20,22-24H/t19-,20-/m1/s1. The highest BCUT2D eigenvalue weighted by Gasteiger charge is 2.29. The number of anilines is 1. The molecule has 0 amide bonds. The zero-order valence-electron chi connectivity index (χ0n) is 12.9. The van der Waals surface area contributed by atoms with Crippen molar-refractivity contribution in [2.75, 3.05) is 5.32 Å². The van der Waals surface area contributed by atoms with Crippen LogP contribution < -0.4 is 10.6 Å². The topological polar surface area (TPSA) is 44.3 Å². The van der Waals surface area contributed by atoms with Gasteiger partial charge in [0.2, 0.25) is 0 Å². The van der Waals surface area contributed by atoms with Crippen LogP contribution in [0.25, 0.3) is 0 Å². The van der Waals surface area contributed by atoms with Crippen LogP contribution in [0.2, 0.25) is 5.02 Å². The number of phenols is 1. The lowest BCUT2D eigenvalue weighted by atomic mass is 9.93. The van der Waals surface area contributed by atoms with Crippen molar-refractivity contribution in [2.24, 2.45) is 0 Å². The van der Waals surface area contributed by atoms with E-state index in [0.717, 1.165) is 22.4 Å². The highest BCUT2D eigenvalue weighted by molar-refractivity contribution is 6.30. The molecule has 0 spiro atoms. The molecule has 3 aromatic carbocycles. The van der Waals surface area contributed by atoms with Gasteiger partial charge in [-0.25, -0.2) is 0 Å². The second-order valence-electron chi connectivity index (χ2n) is 5.88. The van der Waals surface area contributed by atoms with Crippen LogP contribution in [0.4, 0.5) is 5.69 Å². The molecule has 2 atom stereocenters. The Labute approximate surface area is 145 Å². The number of hydrogen-bond donors (Lipinski definition) is 3. The van der Waals surface area contributed by atoms with Crippen molar-refractivity contribution >= 4 is 17.3 Å². The number of nitrogens with one attached hydrogen (secondary N) is 2. The summed E-state index contributed by atoms with van der Waals surface area (Å²) in [5.41, 5.74) is 4.09. The lowest BCUT2D eigenvalue weighted by Crippen LogP contribution is -2.37. The minimum Gasteiger partial charge on any atom is -0.508 e. The van der Waals surface area contributed by atoms with E-state index < -0.39 is 0 Å². The first-order valence-electron chi connectivity index (χ1n) is 7.87. The first kappa shape index (κ1) is 15.1. The van der Waals surface area contributed by atoms with Crippen molar-refractivity contribution in [1.29, 1.82) is 0 Å². The summed E-state index contributed by atoms with van der Waals surface area (Å²) < 4.78 is 0. The minimum absolute atomic E-state index is 0.00856. The molecule has 1 aliphatic rings. The van der Waals surface area contributed by atoms with Gasteiger partial charge in [-0.1, -0.05) is 60.1 Å². The molecule has 120 valence electrons. The van der Waals surface area contributed by atoms with Gasteiger partial charge < -0.3 is 10.4 Å². The second-order valence-corrected chi connectivity index (χ2v) is 6.31.